The molecule has 1 heterocycles. The first-order valence-electron chi connectivity index (χ1n) is 16.3. The molecular formula is C35H45N5O9. The lowest BCUT2D eigenvalue weighted by Crippen LogP contribution is -2.45. The van der Waals surface area contributed by atoms with Crippen molar-refractivity contribution in [1.29, 1.82) is 0 Å². The number of benzene rings is 2. The fourth-order valence-corrected chi connectivity index (χ4v) is 5.33. The molecule has 14 nitrogen and oxygen atoms in total. The van der Waals surface area contributed by atoms with Crippen LogP contribution < -0.4 is 21.7 Å². The van der Waals surface area contributed by atoms with E-state index >= 15 is 0 Å². The van der Waals surface area contributed by atoms with Crippen LogP contribution in [0.25, 0.3) is 10.9 Å². The summed E-state index contributed by atoms with van der Waals surface area (Å²) in [6, 6.07) is 14.4. The van der Waals surface area contributed by atoms with E-state index in [0.29, 0.717) is 25.8 Å². The van der Waals surface area contributed by atoms with E-state index < -0.39 is 47.8 Å². The highest BCUT2D eigenvalue weighted by atomic mass is 16.5. The number of carboxylic acids is 2. The minimum atomic E-state index is -1.32. The molecule has 49 heavy (non-hydrogen) atoms. The zero-order chi connectivity index (χ0) is 35.6. The molecule has 0 aliphatic heterocycles. The molecule has 0 fully saturated rings. The van der Waals surface area contributed by atoms with Crippen molar-refractivity contribution < 1.29 is 43.7 Å². The predicted octanol–water partition coefficient (Wildman–Crippen LogP) is 3.04. The van der Waals surface area contributed by atoms with Crippen LogP contribution in [0.5, 0.6) is 0 Å². The van der Waals surface area contributed by atoms with Gasteiger partial charge in [-0.1, -0.05) is 48.5 Å². The van der Waals surface area contributed by atoms with Gasteiger partial charge in [-0.2, -0.15) is 0 Å². The first kappa shape index (κ1) is 38.2. The van der Waals surface area contributed by atoms with Gasteiger partial charge >= 0.3 is 18.0 Å². The number of hydrogen-bond donors (Lipinski definition) is 7. The summed E-state index contributed by atoms with van der Waals surface area (Å²) >= 11 is 0. The van der Waals surface area contributed by atoms with Gasteiger partial charge in [0.25, 0.3) is 0 Å². The zero-order valence-corrected chi connectivity index (χ0v) is 27.3. The Hall–Kier alpha value is -5.24. The number of aromatic amines is 1. The highest BCUT2D eigenvalue weighted by Crippen LogP contribution is 2.23. The van der Waals surface area contributed by atoms with E-state index in [2.05, 4.69) is 20.9 Å². The minimum Gasteiger partial charge on any atom is -0.481 e. The zero-order valence-electron chi connectivity index (χ0n) is 27.3. The van der Waals surface area contributed by atoms with E-state index in [0.717, 1.165) is 22.0 Å². The summed E-state index contributed by atoms with van der Waals surface area (Å²) in [7, 11) is 0. The Bertz CT molecular complexity index is 1560. The summed E-state index contributed by atoms with van der Waals surface area (Å²) < 4.78 is 5.34. The van der Waals surface area contributed by atoms with Crippen molar-refractivity contribution >= 4 is 46.5 Å². The quantitative estimate of drug-likeness (QED) is 0.0768. The predicted molar refractivity (Wildman–Crippen MR) is 180 cm³/mol. The van der Waals surface area contributed by atoms with Gasteiger partial charge in [-0.05, 0) is 62.3 Å². The molecule has 8 N–H and O–H groups in total. The van der Waals surface area contributed by atoms with E-state index in [1.165, 1.54) is 0 Å². The Kier molecular flexibility index (Phi) is 15.8. The van der Waals surface area contributed by atoms with Crippen LogP contribution in [-0.4, -0.2) is 76.0 Å². The monoisotopic (exact) mass is 679 g/mol. The van der Waals surface area contributed by atoms with Crippen molar-refractivity contribution in [3.63, 3.8) is 0 Å². The summed E-state index contributed by atoms with van der Waals surface area (Å²) in [4.78, 5) is 77.8. The third-order valence-corrected chi connectivity index (χ3v) is 7.96. The van der Waals surface area contributed by atoms with Crippen LogP contribution in [0.2, 0.25) is 0 Å². The average Bonchev–Trinajstić information content (AvgIpc) is 3.49. The molecule has 264 valence electrons. The van der Waals surface area contributed by atoms with Crippen molar-refractivity contribution in [3.8, 4) is 0 Å². The number of nitrogens with two attached hydrogens (primary N) is 1. The van der Waals surface area contributed by atoms with Gasteiger partial charge in [-0.25, -0.2) is 9.59 Å². The van der Waals surface area contributed by atoms with Crippen LogP contribution in [0, 0.1) is 5.92 Å². The Morgan fingerprint density at radius 3 is 2.29 bits per heavy atom. The summed E-state index contributed by atoms with van der Waals surface area (Å²) in [6.07, 6.45) is 1.98. The minimum absolute atomic E-state index is 0.0160. The number of rotatable bonds is 22. The Balaban J connectivity index is 1.70. The largest absolute Gasteiger partial charge is 0.481 e. The number of aliphatic carboxylic acids is 2. The van der Waals surface area contributed by atoms with Crippen LogP contribution >= 0.6 is 0 Å². The number of carboxylic acid groups (broad SMARTS) is 2. The number of Topliss-reactive ketones (excluding diaryl/α,β-unsaturated/α-hetero) is 1. The number of H-pyrrole nitrogens is 1. The van der Waals surface area contributed by atoms with E-state index in [-0.39, 0.29) is 57.5 Å². The van der Waals surface area contributed by atoms with E-state index in [9.17, 15) is 33.9 Å². The van der Waals surface area contributed by atoms with Crippen molar-refractivity contribution in [2.45, 2.75) is 76.5 Å². The molecule has 0 aliphatic carbocycles. The van der Waals surface area contributed by atoms with Gasteiger partial charge < -0.3 is 41.6 Å². The number of unbranched alkanes of at least 4 members (excludes halogenated alkanes) is 1. The number of aromatic nitrogens is 1. The summed E-state index contributed by atoms with van der Waals surface area (Å²) in [5, 5.41) is 27.0. The molecule has 0 bridgehead atoms. The lowest BCUT2D eigenvalue weighted by Gasteiger charge is -2.22. The first-order chi connectivity index (χ1) is 23.6. The van der Waals surface area contributed by atoms with Gasteiger partial charge in [0.15, 0.2) is 5.78 Å². The molecule has 0 saturated heterocycles. The average molecular weight is 680 g/mol. The van der Waals surface area contributed by atoms with Crippen molar-refractivity contribution in [2.75, 3.05) is 13.1 Å². The molecule has 0 saturated carbocycles. The second kappa shape index (κ2) is 20.2. The van der Waals surface area contributed by atoms with Gasteiger partial charge in [-0.3, -0.25) is 19.2 Å². The molecule has 1 aromatic heterocycles. The Morgan fingerprint density at radius 1 is 0.837 bits per heavy atom. The maximum atomic E-state index is 13.7. The van der Waals surface area contributed by atoms with Crippen LogP contribution in [0.1, 0.15) is 62.5 Å². The number of carbonyl (C=O) groups is 6. The number of nitrogens with one attached hydrogen (secondary N) is 4. The molecule has 0 unspecified atom stereocenters. The highest BCUT2D eigenvalue weighted by Gasteiger charge is 2.29. The lowest BCUT2D eigenvalue weighted by molar-refractivity contribution is -0.142. The third kappa shape index (κ3) is 13.4. The standard InChI is InChI=1S/C35H45N5O9/c36-17-7-6-13-28(40-35(48)49-22-23-9-2-1-3-10-23)30(41)20-24(19-25-21-38-27-12-5-4-11-26(25)27)33(45)37-18-16-29(34(46)47)39-31(42)14-8-15-32(43)44/h1-5,9-12,21,24,28-29,38H,6-8,13-20,22,36H2,(H,37,45)(H,39,42)(H,40,48)(H,43,44)(H,46,47)/t24-,28-,29+/m0/s1. The highest BCUT2D eigenvalue weighted by molar-refractivity contribution is 5.92. The molecule has 2 aromatic carbocycles. The Morgan fingerprint density at radius 2 is 1.57 bits per heavy atom. The topological polar surface area (TPSA) is 230 Å². The molecule has 0 aliphatic rings. The molecule has 0 spiro atoms. The van der Waals surface area contributed by atoms with Crippen molar-refractivity contribution in [3.05, 3.63) is 71.9 Å². The molecule has 0 radical (unpaired) electrons. The van der Waals surface area contributed by atoms with Crippen LogP contribution in [0.4, 0.5) is 4.79 Å². The molecule has 3 atom stereocenters. The van der Waals surface area contributed by atoms with E-state index in [1.54, 1.807) is 18.3 Å². The van der Waals surface area contributed by atoms with Crippen molar-refractivity contribution in [2.24, 2.45) is 11.7 Å². The van der Waals surface area contributed by atoms with E-state index in [1.807, 2.05) is 42.5 Å². The SMILES string of the molecule is NCCCC[C@H](NC(=O)OCc1ccccc1)C(=O)C[C@H](Cc1c[nH]c2ccccc12)C(=O)NCC[C@@H](NC(=O)CCCC(=O)O)C(=O)O. The van der Waals surface area contributed by atoms with E-state index in [4.69, 9.17) is 15.6 Å². The lowest BCUT2D eigenvalue weighted by atomic mass is 9.90. The maximum Gasteiger partial charge on any atom is 0.408 e. The summed E-state index contributed by atoms with van der Waals surface area (Å²) in [5.74, 6) is -4.73. The van der Waals surface area contributed by atoms with Crippen LogP contribution in [-0.2, 0) is 41.7 Å². The smallest absolute Gasteiger partial charge is 0.408 e. The number of fused-ring (bicyclic) bond motifs is 1. The second-order valence-corrected chi connectivity index (χ2v) is 11.8. The number of alkyl carbamates (subject to hydrolysis) is 1. The molecule has 3 rings (SSSR count). The molecule has 3 amide bonds. The number of carbonyl (C=O) groups excluding carboxylic acids is 4. The fourth-order valence-electron chi connectivity index (χ4n) is 5.33. The normalized spacial score (nSPS) is 12.8. The van der Waals surface area contributed by atoms with Crippen LogP contribution in [0.15, 0.2) is 60.8 Å². The maximum absolute atomic E-state index is 13.7. The molecule has 3 aromatic rings. The summed E-state index contributed by atoms with van der Waals surface area (Å²) in [5.41, 5.74) is 8.09. The molecular weight excluding hydrogens is 634 g/mol. The number of amides is 3. The number of ketones is 1. The van der Waals surface area contributed by atoms with Gasteiger partial charge in [0.2, 0.25) is 11.8 Å². The first-order valence-corrected chi connectivity index (χ1v) is 16.3. The van der Waals surface area contributed by atoms with Gasteiger partial charge in [0.1, 0.15) is 12.6 Å². The van der Waals surface area contributed by atoms with Gasteiger partial charge in [0.05, 0.1) is 6.04 Å². The van der Waals surface area contributed by atoms with Crippen LogP contribution in [0.3, 0.4) is 0 Å². The summed E-state index contributed by atoms with van der Waals surface area (Å²) in [6.45, 7) is 0.307. The van der Waals surface area contributed by atoms with Gasteiger partial charge in [-0.15, -0.1) is 0 Å². The number of para-hydroxylation sites is 1. The Labute approximate surface area is 284 Å². The number of hydrogen-bond acceptors (Lipinski definition) is 8. The third-order valence-electron chi connectivity index (χ3n) is 7.96. The van der Waals surface area contributed by atoms with Crippen molar-refractivity contribution in [1.82, 2.24) is 20.9 Å². The van der Waals surface area contributed by atoms with Gasteiger partial charge in [0, 0.05) is 48.8 Å². The number of ether oxygens (including phenoxy) is 1. The fraction of sp³-hybridized carbons (Fsp3) is 0.429. The molecule has 14 heteroatoms. The second-order valence-electron chi connectivity index (χ2n) is 11.8.